The van der Waals surface area contributed by atoms with E-state index in [-0.39, 0.29) is 36.6 Å². The molecule has 1 aromatic carbocycles. The van der Waals surface area contributed by atoms with Gasteiger partial charge in [-0.3, -0.25) is 9.59 Å². The van der Waals surface area contributed by atoms with Crippen LogP contribution in [0.1, 0.15) is 28.8 Å². The fourth-order valence-electron chi connectivity index (χ4n) is 2.97. The van der Waals surface area contributed by atoms with Gasteiger partial charge in [-0.25, -0.2) is 0 Å². The number of halogens is 2. The molecular formula is C19H32Cl2N4O3. The summed E-state index contributed by atoms with van der Waals surface area (Å²) in [5.41, 5.74) is 0.825. The third-order valence-corrected chi connectivity index (χ3v) is 4.73. The minimum absolute atomic E-state index is 0. The standard InChI is InChI=1S/C19H30N4O3.2ClH/c1-23(2)13-12-21-17(24)16-6-4-15(5-7-16)14-22-18(25)19(26-3)8-10-20-11-9-19;;/h4-7,20H,8-14H2,1-3H3,(H,21,24)(H,22,25);2*1H. The predicted molar refractivity (Wildman–Crippen MR) is 116 cm³/mol. The van der Waals surface area contributed by atoms with Crippen molar-refractivity contribution in [3.8, 4) is 0 Å². The molecule has 0 spiro atoms. The van der Waals surface area contributed by atoms with Crippen LogP contribution in [0, 0.1) is 0 Å². The molecule has 2 amide bonds. The van der Waals surface area contributed by atoms with E-state index >= 15 is 0 Å². The average molecular weight is 435 g/mol. The SMILES string of the molecule is COC1(C(=O)NCc2ccc(C(=O)NCCN(C)C)cc2)CCNCC1.Cl.Cl. The van der Waals surface area contributed by atoms with Crippen molar-refractivity contribution in [3.63, 3.8) is 0 Å². The van der Waals surface area contributed by atoms with E-state index in [9.17, 15) is 9.59 Å². The van der Waals surface area contributed by atoms with Crippen LogP contribution in [-0.4, -0.2) is 69.7 Å². The Labute approximate surface area is 179 Å². The molecule has 0 radical (unpaired) electrons. The summed E-state index contributed by atoms with van der Waals surface area (Å²) in [6.45, 7) is 3.38. The number of benzene rings is 1. The first-order chi connectivity index (χ1) is 12.5. The van der Waals surface area contributed by atoms with Crippen molar-refractivity contribution in [2.75, 3.05) is 47.4 Å². The largest absolute Gasteiger partial charge is 0.368 e. The lowest BCUT2D eigenvalue weighted by atomic mass is 9.91. The maximum Gasteiger partial charge on any atom is 0.252 e. The molecule has 0 saturated carbocycles. The highest BCUT2D eigenvalue weighted by Gasteiger charge is 2.39. The summed E-state index contributed by atoms with van der Waals surface area (Å²) in [6.07, 6.45) is 1.34. The van der Waals surface area contributed by atoms with E-state index in [2.05, 4.69) is 16.0 Å². The van der Waals surface area contributed by atoms with E-state index in [1.165, 1.54) is 0 Å². The Hall–Kier alpha value is -1.38. The fraction of sp³-hybridized carbons (Fsp3) is 0.579. The summed E-state index contributed by atoms with van der Waals surface area (Å²) in [5.74, 6) is -0.164. The number of amides is 2. The van der Waals surface area contributed by atoms with Gasteiger partial charge in [0.05, 0.1) is 0 Å². The van der Waals surface area contributed by atoms with Crippen LogP contribution in [0.4, 0.5) is 0 Å². The van der Waals surface area contributed by atoms with Crippen LogP contribution in [0.25, 0.3) is 0 Å². The zero-order chi connectivity index (χ0) is 19.0. The maximum atomic E-state index is 12.5. The van der Waals surface area contributed by atoms with Gasteiger partial charge < -0.3 is 25.6 Å². The van der Waals surface area contributed by atoms with Gasteiger partial charge in [0.15, 0.2) is 0 Å². The predicted octanol–water partition coefficient (Wildman–Crippen LogP) is 1.21. The minimum Gasteiger partial charge on any atom is -0.368 e. The summed E-state index contributed by atoms with van der Waals surface area (Å²) < 4.78 is 5.53. The zero-order valence-electron chi connectivity index (χ0n) is 16.7. The Morgan fingerprint density at radius 3 is 2.25 bits per heavy atom. The third kappa shape index (κ3) is 7.56. The van der Waals surface area contributed by atoms with Crippen LogP contribution in [0.15, 0.2) is 24.3 Å². The summed E-state index contributed by atoms with van der Waals surface area (Å²) in [6, 6.07) is 7.29. The highest BCUT2D eigenvalue weighted by molar-refractivity contribution is 5.94. The molecule has 160 valence electrons. The van der Waals surface area contributed by atoms with E-state index in [0.717, 1.165) is 25.2 Å². The van der Waals surface area contributed by atoms with Crippen molar-refractivity contribution in [2.45, 2.75) is 25.0 Å². The molecule has 7 nitrogen and oxygen atoms in total. The molecule has 0 aromatic heterocycles. The molecule has 1 heterocycles. The molecule has 1 saturated heterocycles. The van der Waals surface area contributed by atoms with E-state index in [1.54, 1.807) is 19.2 Å². The zero-order valence-corrected chi connectivity index (χ0v) is 18.4. The smallest absolute Gasteiger partial charge is 0.252 e. The first-order valence-corrected chi connectivity index (χ1v) is 9.03. The van der Waals surface area contributed by atoms with E-state index in [4.69, 9.17) is 4.74 Å². The second-order valence-electron chi connectivity index (χ2n) is 6.89. The second-order valence-corrected chi connectivity index (χ2v) is 6.89. The Morgan fingerprint density at radius 1 is 1.11 bits per heavy atom. The maximum absolute atomic E-state index is 12.5. The van der Waals surface area contributed by atoms with Crippen molar-refractivity contribution in [1.82, 2.24) is 20.9 Å². The number of nitrogens with zero attached hydrogens (tertiary/aromatic N) is 1. The molecule has 1 fully saturated rings. The van der Waals surface area contributed by atoms with Gasteiger partial charge in [-0.2, -0.15) is 0 Å². The lowest BCUT2D eigenvalue weighted by Crippen LogP contribution is -2.53. The number of ether oxygens (including phenoxy) is 1. The summed E-state index contributed by atoms with van der Waals surface area (Å²) in [4.78, 5) is 26.6. The number of carbonyl (C=O) groups is 2. The van der Waals surface area contributed by atoms with Gasteiger partial charge in [0.1, 0.15) is 5.60 Å². The molecule has 1 aliphatic heterocycles. The third-order valence-electron chi connectivity index (χ3n) is 4.73. The van der Waals surface area contributed by atoms with E-state index in [1.807, 2.05) is 31.1 Å². The number of likely N-dealkylation sites (N-methyl/N-ethyl adjacent to an activating group) is 1. The summed E-state index contributed by atoms with van der Waals surface area (Å²) >= 11 is 0. The number of nitrogens with one attached hydrogen (secondary N) is 3. The summed E-state index contributed by atoms with van der Waals surface area (Å²) in [5, 5.41) is 9.08. The lowest BCUT2D eigenvalue weighted by Gasteiger charge is -2.34. The van der Waals surface area contributed by atoms with Crippen LogP contribution < -0.4 is 16.0 Å². The number of methoxy groups -OCH3 is 1. The number of piperidine rings is 1. The number of hydrogen-bond acceptors (Lipinski definition) is 5. The quantitative estimate of drug-likeness (QED) is 0.572. The second kappa shape index (κ2) is 13.0. The van der Waals surface area contributed by atoms with Gasteiger partial charge in [-0.1, -0.05) is 12.1 Å². The van der Waals surface area contributed by atoms with Gasteiger partial charge in [0.25, 0.3) is 11.8 Å². The van der Waals surface area contributed by atoms with E-state index in [0.29, 0.717) is 31.5 Å². The first kappa shape index (κ1) is 26.6. The van der Waals surface area contributed by atoms with Crippen molar-refractivity contribution in [3.05, 3.63) is 35.4 Å². The Balaban J connectivity index is 0.00000364. The molecule has 0 bridgehead atoms. The highest BCUT2D eigenvalue weighted by Crippen LogP contribution is 2.22. The molecule has 1 aliphatic rings. The normalized spacial score (nSPS) is 15.1. The van der Waals surface area contributed by atoms with Crippen LogP contribution in [0.5, 0.6) is 0 Å². The molecule has 2 rings (SSSR count). The van der Waals surface area contributed by atoms with Crippen molar-refractivity contribution in [2.24, 2.45) is 0 Å². The van der Waals surface area contributed by atoms with Crippen molar-refractivity contribution >= 4 is 36.6 Å². The Morgan fingerprint density at radius 2 is 1.71 bits per heavy atom. The average Bonchev–Trinajstić information content (AvgIpc) is 2.66. The molecule has 0 unspecified atom stereocenters. The molecule has 1 aromatic rings. The topological polar surface area (TPSA) is 82.7 Å². The first-order valence-electron chi connectivity index (χ1n) is 9.03. The number of hydrogen-bond donors (Lipinski definition) is 3. The van der Waals surface area contributed by atoms with Crippen molar-refractivity contribution in [1.29, 1.82) is 0 Å². The number of rotatable bonds is 8. The molecule has 0 aliphatic carbocycles. The Bertz CT molecular complexity index is 606. The van der Waals surface area contributed by atoms with Gasteiger partial charge in [-0.05, 0) is 57.7 Å². The van der Waals surface area contributed by atoms with Gasteiger partial charge in [-0.15, -0.1) is 24.8 Å². The minimum atomic E-state index is -0.739. The van der Waals surface area contributed by atoms with Gasteiger partial charge in [0.2, 0.25) is 0 Å². The van der Waals surface area contributed by atoms with Crippen LogP contribution in [0.3, 0.4) is 0 Å². The van der Waals surface area contributed by atoms with Crippen LogP contribution in [0.2, 0.25) is 0 Å². The van der Waals surface area contributed by atoms with Gasteiger partial charge >= 0.3 is 0 Å². The molecule has 0 atom stereocenters. The monoisotopic (exact) mass is 434 g/mol. The molecule has 28 heavy (non-hydrogen) atoms. The molecule has 3 N–H and O–H groups in total. The molecular weight excluding hydrogens is 403 g/mol. The lowest BCUT2D eigenvalue weighted by molar-refractivity contribution is -0.146. The van der Waals surface area contributed by atoms with E-state index < -0.39 is 5.60 Å². The highest BCUT2D eigenvalue weighted by atomic mass is 35.5. The van der Waals surface area contributed by atoms with Gasteiger partial charge in [0, 0.05) is 32.3 Å². The van der Waals surface area contributed by atoms with Crippen molar-refractivity contribution < 1.29 is 14.3 Å². The Kier molecular flexibility index (Phi) is 12.3. The summed E-state index contributed by atoms with van der Waals surface area (Å²) in [7, 11) is 5.52. The number of carbonyl (C=O) groups excluding carboxylic acids is 2. The molecule has 9 heteroatoms. The fourth-order valence-corrected chi connectivity index (χ4v) is 2.97. The van der Waals surface area contributed by atoms with Crippen LogP contribution >= 0.6 is 24.8 Å². The van der Waals surface area contributed by atoms with Crippen LogP contribution in [-0.2, 0) is 16.1 Å².